The van der Waals surface area contributed by atoms with Crippen molar-refractivity contribution in [3.63, 3.8) is 0 Å². The Bertz CT molecular complexity index is 2470. The van der Waals surface area contributed by atoms with Gasteiger partial charge >= 0.3 is 93.6 Å². The third kappa shape index (κ3) is 24.8. The van der Waals surface area contributed by atoms with E-state index in [2.05, 4.69) is 37.6 Å². The first kappa shape index (κ1) is 55.8. The van der Waals surface area contributed by atoms with Crippen LogP contribution in [0.3, 0.4) is 0 Å². The fourth-order valence-corrected chi connectivity index (χ4v) is 7.88. The molecule has 1 saturated heterocycles. The van der Waals surface area contributed by atoms with Gasteiger partial charge in [-0.15, -0.1) is 0 Å². The van der Waals surface area contributed by atoms with E-state index in [0.29, 0.717) is 0 Å². The van der Waals surface area contributed by atoms with Crippen molar-refractivity contribution in [1.29, 1.82) is 0 Å². The van der Waals surface area contributed by atoms with Crippen molar-refractivity contribution in [2.45, 2.75) is 55.1 Å². The van der Waals surface area contributed by atoms with Gasteiger partial charge in [0.25, 0.3) is 0 Å². The van der Waals surface area contributed by atoms with Crippen LogP contribution in [-0.4, -0.2) is 192 Å². The molecule has 47 heteroatoms. The van der Waals surface area contributed by atoms with E-state index >= 15 is 0 Å². The number of rotatable bonds is 26. The molecule has 1 fully saturated rings. The molecule has 9 atom stereocenters. The summed E-state index contributed by atoms with van der Waals surface area (Å²) in [4.78, 5) is 0. The van der Waals surface area contributed by atoms with E-state index in [1.54, 1.807) is 0 Å². The first-order valence-corrected chi connectivity index (χ1v) is 25.2. The van der Waals surface area contributed by atoms with Gasteiger partial charge < -0.3 is 9.47 Å². The first-order valence-electron chi connectivity index (χ1n) is 12.9. The molecular weight excluding hydrogens is 1040 g/mol. The standard InChI is InChI=1S/C12H24O38S9/c13-51(14,15)40-1-4-8(47-56(28,29)30)10(49-58(34,35)36)11(50-59(37,38)39)12(43-4)44-7(5(45-54(22,23)24)2-41-52(16,17)18)9(48-57(31,32)33)6(46-55(25,26)27)3-42-53(19,20)21/h4-12H,1-3H2,(H,13,14,15)(H,16,17,18)(H,19,20,21)(H,22,23,24)(H,25,26,27)(H,28,29,30)(H,31,32,33)(H,34,35,36)(H,37,38,39)/t4-,5+,6-,7?,8-,9-,10+,11-,12+/m1/s1. The van der Waals surface area contributed by atoms with Gasteiger partial charge in [0.2, 0.25) is 0 Å². The van der Waals surface area contributed by atoms with E-state index in [1.807, 2.05) is 0 Å². The number of ether oxygens (including phenoxy) is 2. The van der Waals surface area contributed by atoms with Crippen LogP contribution in [0.5, 0.6) is 0 Å². The van der Waals surface area contributed by atoms with Crippen molar-refractivity contribution in [2.24, 2.45) is 0 Å². The van der Waals surface area contributed by atoms with Gasteiger partial charge in [0, 0.05) is 0 Å². The van der Waals surface area contributed by atoms with E-state index in [4.69, 9.17) is 23.1 Å². The molecule has 354 valence electrons. The Morgan fingerprint density at radius 2 is 0.729 bits per heavy atom. The molecule has 59 heavy (non-hydrogen) atoms. The van der Waals surface area contributed by atoms with Crippen molar-refractivity contribution >= 4 is 93.6 Å². The second-order valence-electron chi connectivity index (χ2n) is 9.86. The Labute approximate surface area is 331 Å². The molecule has 0 spiro atoms. The lowest BCUT2D eigenvalue weighted by Gasteiger charge is -2.45. The highest BCUT2D eigenvalue weighted by Gasteiger charge is 2.57. The zero-order valence-corrected chi connectivity index (χ0v) is 34.2. The fraction of sp³-hybridized carbons (Fsp3) is 1.00. The zero-order valence-electron chi connectivity index (χ0n) is 26.9. The summed E-state index contributed by atoms with van der Waals surface area (Å²) in [7, 11) is -55.8. The lowest BCUT2D eigenvalue weighted by Crippen LogP contribution is -2.65. The Hall–Kier alpha value is -1.25. The molecule has 1 aliphatic rings. The summed E-state index contributed by atoms with van der Waals surface area (Å²) in [6, 6.07) is 0. The van der Waals surface area contributed by atoms with Crippen molar-refractivity contribution in [2.75, 3.05) is 19.8 Å². The summed E-state index contributed by atoms with van der Waals surface area (Å²) < 4.78 is 338. The topological polar surface area (TPSA) is 591 Å². The van der Waals surface area contributed by atoms with Crippen LogP contribution in [0.15, 0.2) is 0 Å². The third-order valence-corrected chi connectivity index (χ3v) is 9.65. The minimum Gasteiger partial charge on any atom is -0.341 e. The predicted molar refractivity (Wildman–Crippen MR) is 165 cm³/mol. The molecule has 0 amide bonds. The van der Waals surface area contributed by atoms with Crippen LogP contribution in [0.1, 0.15) is 0 Å². The molecule has 1 rings (SSSR count). The van der Waals surface area contributed by atoms with Crippen molar-refractivity contribution < 1.29 is 164 Å². The molecular formula is C12H24O38S9. The minimum absolute atomic E-state index is 2.08. The van der Waals surface area contributed by atoms with Crippen LogP contribution in [0.4, 0.5) is 0 Å². The maximum atomic E-state index is 12.0. The summed E-state index contributed by atoms with van der Waals surface area (Å²) in [6.07, 6.45) is -32.0. The van der Waals surface area contributed by atoms with Crippen LogP contribution in [-0.2, 0) is 141 Å². The quantitative estimate of drug-likeness (QED) is 0.0363. The van der Waals surface area contributed by atoms with E-state index in [-0.39, 0.29) is 0 Å². The smallest absolute Gasteiger partial charge is 0.341 e. The van der Waals surface area contributed by atoms with Gasteiger partial charge in [-0.2, -0.15) is 75.8 Å². The molecule has 0 radical (unpaired) electrons. The van der Waals surface area contributed by atoms with Gasteiger partial charge in [-0.05, 0) is 0 Å². The monoisotopic (exact) mass is 1060 g/mol. The lowest BCUT2D eigenvalue weighted by atomic mass is 9.98. The van der Waals surface area contributed by atoms with Crippen molar-refractivity contribution in [3.05, 3.63) is 0 Å². The number of hydrogen-bond acceptors (Lipinski definition) is 29. The lowest BCUT2D eigenvalue weighted by molar-refractivity contribution is -0.313. The van der Waals surface area contributed by atoms with Gasteiger partial charge in [-0.25, -0.2) is 37.6 Å². The minimum atomic E-state index is -6.48. The summed E-state index contributed by atoms with van der Waals surface area (Å²) in [5, 5.41) is 0. The summed E-state index contributed by atoms with van der Waals surface area (Å²) in [5.74, 6) is 0. The van der Waals surface area contributed by atoms with Gasteiger partial charge in [0.05, 0.1) is 19.8 Å². The van der Waals surface area contributed by atoms with Crippen molar-refractivity contribution in [3.8, 4) is 0 Å². The number of hydrogen-bond donors (Lipinski definition) is 9. The maximum Gasteiger partial charge on any atom is 0.397 e. The molecule has 0 aromatic carbocycles. The van der Waals surface area contributed by atoms with Crippen molar-refractivity contribution in [1.82, 2.24) is 0 Å². The van der Waals surface area contributed by atoms with Gasteiger partial charge in [-0.1, -0.05) is 0 Å². The Balaban J connectivity index is 4.57. The fourth-order valence-electron chi connectivity index (χ4n) is 4.00. The zero-order chi connectivity index (χ0) is 46.6. The Morgan fingerprint density at radius 3 is 1.07 bits per heavy atom. The summed E-state index contributed by atoms with van der Waals surface area (Å²) in [5.41, 5.74) is 0. The molecule has 0 aromatic heterocycles. The van der Waals surface area contributed by atoms with Crippen LogP contribution in [0.2, 0.25) is 0 Å². The predicted octanol–water partition coefficient (Wildman–Crippen LogP) is -7.32. The molecule has 1 heterocycles. The first-order chi connectivity index (χ1) is 25.8. The maximum absolute atomic E-state index is 12.0. The highest BCUT2D eigenvalue weighted by molar-refractivity contribution is 7.82. The molecule has 0 bridgehead atoms. The molecule has 1 aliphatic heterocycles. The average Bonchev–Trinajstić information content (AvgIpc) is 2.92. The summed E-state index contributed by atoms with van der Waals surface area (Å²) in [6.45, 7) is -6.81. The van der Waals surface area contributed by atoms with E-state index < -0.39 is 169 Å². The Morgan fingerprint density at radius 1 is 0.390 bits per heavy atom. The molecule has 38 nitrogen and oxygen atoms in total. The highest BCUT2D eigenvalue weighted by atomic mass is 32.3. The molecule has 1 unspecified atom stereocenters. The third-order valence-electron chi connectivity index (χ3n) is 5.50. The second kappa shape index (κ2) is 20.1. The van der Waals surface area contributed by atoms with E-state index in [0.717, 1.165) is 0 Å². The average molecular weight is 1060 g/mol. The van der Waals surface area contributed by atoms with E-state index in [9.17, 15) is 103 Å². The van der Waals surface area contributed by atoms with Gasteiger partial charge in [-0.3, -0.25) is 41.0 Å². The Kier molecular flexibility index (Phi) is 19.0. The van der Waals surface area contributed by atoms with Gasteiger partial charge in [0.15, 0.2) is 12.4 Å². The molecule has 0 saturated carbocycles. The second-order valence-corrected chi connectivity index (χ2v) is 19.4. The van der Waals surface area contributed by atoms with Crippen LogP contribution < -0.4 is 0 Å². The highest BCUT2D eigenvalue weighted by Crippen LogP contribution is 2.35. The van der Waals surface area contributed by atoms with Crippen LogP contribution in [0.25, 0.3) is 0 Å². The van der Waals surface area contributed by atoms with Crippen LogP contribution >= 0.6 is 0 Å². The SMILES string of the molecule is O=S(=O)(O)OC[C@H](OS(=O)(=O)O)C(O[C@@H]1O[C@H](COS(=O)(=O)O)[C@@H](OS(=O)(=O)O)[C@H](OS(=O)(=O)O)[C@H]1OS(=O)(=O)O)[C@H](OS(=O)(=O)O)[C@@H](COS(=O)(=O)O)OS(=O)(=O)O. The van der Waals surface area contributed by atoms with Crippen LogP contribution in [0, 0.1) is 0 Å². The molecule has 0 aromatic rings. The van der Waals surface area contributed by atoms with Gasteiger partial charge in [0.1, 0.15) is 42.7 Å². The molecule has 0 aliphatic carbocycles. The largest absolute Gasteiger partial charge is 0.397 e. The molecule has 9 N–H and O–H groups in total. The van der Waals surface area contributed by atoms with E-state index in [1.165, 1.54) is 0 Å². The normalized spacial score (nSPS) is 24.3. The summed E-state index contributed by atoms with van der Waals surface area (Å²) >= 11 is 0.